The quantitative estimate of drug-likeness (QED) is 0.776. The first kappa shape index (κ1) is 14.3. The normalized spacial score (nSPS) is 10.5. The summed E-state index contributed by atoms with van der Waals surface area (Å²) in [6, 6.07) is 6.04. The van der Waals surface area contributed by atoms with Crippen molar-refractivity contribution in [3.63, 3.8) is 0 Å². The maximum atomic E-state index is 11.1. The molecule has 0 aliphatic carbocycles. The Morgan fingerprint density at radius 1 is 1.53 bits per heavy atom. The van der Waals surface area contributed by atoms with Gasteiger partial charge in [-0.05, 0) is 59.7 Å². The van der Waals surface area contributed by atoms with Crippen LogP contribution in [0.3, 0.4) is 0 Å². The van der Waals surface area contributed by atoms with Gasteiger partial charge in [-0.1, -0.05) is 18.3 Å². The molecule has 1 heterocycles. The van der Waals surface area contributed by atoms with Crippen LogP contribution in [0.4, 0.5) is 10.8 Å². The van der Waals surface area contributed by atoms with E-state index in [9.17, 15) is 4.79 Å². The topological polar surface area (TPSA) is 62.2 Å². The van der Waals surface area contributed by atoms with Gasteiger partial charge in [0.05, 0.1) is 5.69 Å². The lowest BCUT2D eigenvalue weighted by Gasteiger charge is -2.06. The lowest BCUT2D eigenvalue weighted by Crippen LogP contribution is -1.97. The van der Waals surface area contributed by atoms with Crippen LogP contribution in [0.5, 0.6) is 0 Å². The summed E-state index contributed by atoms with van der Waals surface area (Å²) in [4.78, 5) is 15.7. The molecule has 1 aromatic carbocycles. The SMILES string of the molecule is CCc1nc(Nc2ccc(I)cc2C)sc1C(=O)O. The van der Waals surface area contributed by atoms with E-state index in [1.807, 2.05) is 26.0 Å². The van der Waals surface area contributed by atoms with Crippen molar-refractivity contribution in [2.24, 2.45) is 0 Å². The van der Waals surface area contributed by atoms with E-state index in [-0.39, 0.29) is 0 Å². The molecule has 0 aliphatic rings. The molecule has 100 valence electrons. The van der Waals surface area contributed by atoms with Gasteiger partial charge in [0.1, 0.15) is 4.88 Å². The smallest absolute Gasteiger partial charge is 0.347 e. The predicted molar refractivity (Wildman–Crippen MR) is 85.6 cm³/mol. The monoisotopic (exact) mass is 388 g/mol. The Hall–Kier alpha value is -1.15. The molecule has 0 bridgehead atoms. The van der Waals surface area contributed by atoms with Crippen LogP contribution in [0, 0.1) is 10.5 Å². The Morgan fingerprint density at radius 2 is 2.26 bits per heavy atom. The summed E-state index contributed by atoms with van der Waals surface area (Å²) in [5, 5.41) is 12.9. The summed E-state index contributed by atoms with van der Waals surface area (Å²) in [5.74, 6) is -0.915. The lowest BCUT2D eigenvalue weighted by molar-refractivity contribution is 0.0701. The number of benzene rings is 1. The molecule has 2 rings (SSSR count). The van der Waals surface area contributed by atoms with Crippen LogP contribution >= 0.6 is 33.9 Å². The Labute approximate surface area is 129 Å². The number of aryl methyl sites for hydroxylation is 2. The summed E-state index contributed by atoms with van der Waals surface area (Å²) in [7, 11) is 0. The molecule has 2 aromatic rings. The van der Waals surface area contributed by atoms with Gasteiger partial charge in [0, 0.05) is 9.26 Å². The molecule has 4 nitrogen and oxygen atoms in total. The molecule has 0 saturated carbocycles. The van der Waals surface area contributed by atoms with Crippen molar-refractivity contribution in [2.45, 2.75) is 20.3 Å². The second kappa shape index (κ2) is 5.87. The van der Waals surface area contributed by atoms with E-state index < -0.39 is 5.97 Å². The summed E-state index contributed by atoms with van der Waals surface area (Å²) >= 11 is 3.43. The maximum Gasteiger partial charge on any atom is 0.347 e. The highest BCUT2D eigenvalue weighted by molar-refractivity contribution is 14.1. The van der Waals surface area contributed by atoms with Crippen LogP contribution in [-0.2, 0) is 6.42 Å². The molecule has 2 N–H and O–H groups in total. The van der Waals surface area contributed by atoms with Crippen molar-refractivity contribution < 1.29 is 9.90 Å². The summed E-state index contributed by atoms with van der Waals surface area (Å²) < 4.78 is 1.17. The fourth-order valence-corrected chi connectivity index (χ4v) is 3.25. The first-order valence-electron chi connectivity index (χ1n) is 5.77. The number of carbonyl (C=O) groups is 1. The number of carboxylic acid groups (broad SMARTS) is 1. The summed E-state index contributed by atoms with van der Waals surface area (Å²) in [6.45, 7) is 3.92. The first-order chi connectivity index (χ1) is 9.01. The molecule has 0 saturated heterocycles. The third kappa shape index (κ3) is 3.24. The number of anilines is 2. The molecule has 0 amide bonds. The second-order valence-corrected chi connectivity index (χ2v) is 6.28. The molecular weight excluding hydrogens is 375 g/mol. The second-order valence-electron chi connectivity index (χ2n) is 4.04. The van der Waals surface area contributed by atoms with Crippen LogP contribution < -0.4 is 5.32 Å². The highest BCUT2D eigenvalue weighted by Gasteiger charge is 2.16. The van der Waals surface area contributed by atoms with Gasteiger partial charge in [-0.2, -0.15) is 0 Å². The van der Waals surface area contributed by atoms with Crippen molar-refractivity contribution in [3.05, 3.63) is 37.9 Å². The van der Waals surface area contributed by atoms with Gasteiger partial charge in [-0.15, -0.1) is 0 Å². The molecule has 0 unspecified atom stereocenters. The maximum absolute atomic E-state index is 11.1. The van der Waals surface area contributed by atoms with E-state index in [2.05, 4.69) is 39.0 Å². The number of halogens is 1. The fraction of sp³-hybridized carbons (Fsp3) is 0.231. The van der Waals surface area contributed by atoms with Crippen LogP contribution in [0.1, 0.15) is 27.9 Å². The fourth-order valence-electron chi connectivity index (χ4n) is 1.69. The van der Waals surface area contributed by atoms with Gasteiger partial charge in [-0.3, -0.25) is 0 Å². The zero-order valence-corrected chi connectivity index (χ0v) is 13.5. The van der Waals surface area contributed by atoms with Gasteiger partial charge in [0.2, 0.25) is 0 Å². The van der Waals surface area contributed by atoms with Gasteiger partial charge < -0.3 is 10.4 Å². The van der Waals surface area contributed by atoms with Crippen LogP contribution in [0.2, 0.25) is 0 Å². The molecule has 0 aliphatic heterocycles. The van der Waals surface area contributed by atoms with E-state index in [0.717, 1.165) is 11.3 Å². The predicted octanol–water partition coefficient (Wildman–Crippen LogP) is 4.06. The first-order valence-corrected chi connectivity index (χ1v) is 7.67. The largest absolute Gasteiger partial charge is 0.477 e. The van der Waals surface area contributed by atoms with Gasteiger partial charge in [-0.25, -0.2) is 9.78 Å². The van der Waals surface area contributed by atoms with E-state index in [1.54, 1.807) is 0 Å². The summed E-state index contributed by atoms with van der Waals surface area (Å²) in [6.07, 6.45) is 0.617. The molecule has 6 heteroatoms. The van der Waals surface area contributed by atoms with Gasteiger partial charge in [0.15, 0.2) is 5.13 Å². The number of carboxylic acids is 1. The Bertz CT molecular complexity index is 625. The number of thiazole rings is 1. The summed E-state index contributed by atoms with van der Waals surface area (Å²) in [5.41, 5.74) is 2.69. The van der Waals surface area contributed by atoms with E-state index >= 15 is 0 Å². The molecular formula is C13H13IN2O2S. The van der Waals surface area contributed by atoms with Gasteiger partial charge in [0.25, 0.3) is 0 Å². The van der Waals surface area contributed by atoms with Crippen molar-refractivity contribution in [3.8, 4) is 0 Å². The van der Waals surface area contributed by atoms with Crippen LogP contribution in [0.15, 0.2) is 18.2 Å². The van der Waals surface area contributed by atoms with Crippen LogP contribution in [-0.4, -0.2) is 16.1 Å². The molecule has 1 aromatic heterocycles. The van der Waals surface area contributed by atoms with Crippen molar-refractivity contribution in [1.82, 2.24) is 4.98 Å². The molecule has 19 heavy (non-hydrogen) atoms. The molecule has 0 spiro atoms. The molecule has 0 radical (unpaired) electrons. The Kier molecular flexibility index (Phi) is 4.41. The molecule has 0 atom stereocenters. The minimum absolute atomic E-state index is 0.313. The minimum Gasteiger partial charge on any atom is -0.477 e. The van der Waals surface area contributed by atoms with E-state index in [4.69, 9.17) is 5.11 Å². The zero-order chi connectivity index (χ0) is 14.0. The average Bonchev–Trinajstić information content (AvgIpc) is 2.76. The number of hydrogen-bond donors (Lipinski definition) is 2. The lowest BCUT2D eigenvalue weighted by atomic mass is 10.2. The number of rotatable bonds is 4. The van der Waals surface area contributed by atoms with E-state index in [1.165, 1.54) is 14.9 Å². The van der Waals surface area contributed by atoms with Crippen LogP contribution in [0.25, 0.3) is 0 Å². The number of nitrogens with zero attached hydrogens (tertiary/aromatic N) is 1. The van der Waals surface area contributed by atoms with Crippen molar-refractivity contribution >= 4 is 50.7 Å². The highest BCUT2D eigenvalue weighted by Crippen LogP contribution is 2.28. The number of nitrogens with one attached hydrogen (secondary N) is 1. The van der Waals surface area contributed by atoms with Gasteiger partial charge >= 0.3 is 5.97 Å². The van der Waals surface area contributed by atoms with Crippen molar-refractivity contribution in [1.29, 1.82) is 0 Å². The number of hydrogen-bond acceptors (Lipinski definition) is 4. The standard InChI is InChI=1S/C13H13IN2O2S/c1-3-9-11(12(17)18)19-13(15-9)16-10-5-4-8(14)6-7(10)2/h4-6H,3H2,1-2H3,(H,15,16)(H,17,18). The number of aromatic nitrogens is 1. The third-order valence-corrected chi connectivity index (χ3v) is 4.33. The Morgan fingerprint density at radius 3 is 2.79 bits per heavy atom. The average molecular weight is 388 g/mol. The van der Waals surface area contributed by atoms with Crippen molar-refractivity contribution in [2.75, 3.05) is 5.32 Å². The minimum atomic E-state index is -0.915. The highest BCUT2D eigenvalue weighted by atomic mass is 127. The number of aromatic carboxylic acids is 1. The molecule has 0 fully saturated rings. The zero-order valence-electron chi connectivity index (χ0n) is 10.5. The third-order valence-electron chi connectivity index (χ3n) is 2.66. The Balaban J connectivity index is 2.31. The van der Waals surface area contributed by atoms with E-state index in [0.29, 0.717) is 22.1 Å².